The first-order chi connectivity index (χ1) is 14.9. The van der Waals surface area contributed by atoms with E-state index in [1.807, 2.05) is 31.2 Å². The molecule has 0 saturated heterocycles. The average Bonchev–Trinajstić information content (AvgIpc) is 3.16. The van der Waals surface area contributed by atoms with Crippen LogP contribution in [0.5, 0.6) is 0 Å². The lowest BCUT2D eigenvalue weighted by atomic mass is 10.0. The number of fused-ring (bicyclic) bond motifs is 1. The van der Waals surface area contributed by atoms with Gasteiger partial charge in [-0.3, -0.25) is 9.20 Å². The highest BCUT2D eigenvalue weighted by molar-refractivity contribution is 6.36. The van der Waals surface area contributed by atoms with Crippen molar-refractivity contribution in [2.75, 3.05) is 0 Å². The molecule has 0 atom stereocenters. The Morgan fingerprint density at radius 1 is 1.10 bits per heavy atom. The summed E-state index contributed by atoms with van der Waals surface area (Å²) in [6, 6.07) is 12.6. The Kier molecular flexibility index (Phi) is 6.16. The minimum Gasteiger partial charge on any atom is -0.347 e. The van der Waals surface area contributed by atoms with Gasteiger partial charge in [-0.05, 0) is 36.8 Å². The summed E-state index contributed by atoms with van der Waals surface area (Å²) in [5.74, 6) is 0.0316. The van der Waals surface area contributed by atoms with Crippen LogP contribution in [-0.4, -0.2) is 20.3 Å². The molecule has 9 heteroatoms. The van der Waals surface area contributed by atoms with E-state index in [0.29, 0.717) is 26.5 Å². The van der Waals surface area contributed by atoms with Crippen molar-refractivity contribution in [2.24, 2.45) is 5.73 Å². The lowest BCUT2D eigenvalue weighted by Gasteiger charge is -2.14. The van der Waals surface area contributed by atoms with Crippen molar-refractivity contribution in [3.63, 3.8) is 0 Å². The fraction of sp³-hybridized carbons (Fsp3) is 0.136. The topological polar surface area (TPSA) is 85.3 Å². The minimum absolute atomic E-state index is 0.222. The summed E-state index contributed by atoms with van der Waals surface area (Å²) >= 11 is 18.7. The van der Waals surface area contributed by atoms with Gasteiger partial charge in [-0.2, -0.15) is 0 Å². The van der Waals surface area contributed by atoms with Gasteiger partial charge in [0.05, 0.1) is 10.7 Å². The molecule has 0 bridgehead atoms. The van der Waals surface area contributed by atoms with E-state index in [1.54, 1.807) is 28.8 Å². The van der Waals surface area contributed by atoms with Crippen LogP contribution >= 0.6 is 34.8 Å². The van der Waals surface area contributed by atoms with E-state index < -0.39 is 0 Å². The Balaban J connectivity index is 1.76. The molecule has 2 aromatic heterocycles. The SMILES string of the molecule is Cc1nc2nc(C(=O)NCc3ccccc3Cl)cn2c(-c2ccc(Cl)cc2Cl)c1CN. The Morgan fingerprint density at radius 2 is 1.87 bits per heavy atom. The minimum atomic E-state index is -0.342. The average molecular weight is 475 g/mol. The predicted molar refractivity (Wildman–Crippen MR) is 124 cm³/mol. The quantitative estimate of drug-likeness (QED) is 0.424. The number of rotatable bonds is 5. The molecule has 1 amide bonds. The number of nitrogens with zero attached hydrogens (tertiary/aromatic N) is 3. The van der Waals surface area contributed by atoms with Crippen molar-refractivity contribution >= 4 is 46.5 Å². The van der Waals surface area contributed by atoms with Crippen LogP contribution in [-0.2, 0) is 13.1 Å². The third-order valence-corrected chi connectivity index (χ3v) is 5.86. The molecule has 158 valence electrons. The van der Waals surface area contributed by atoms with Gasteiger partial charge in [0, 0.05) is 46.2 Å². The van der Waals surface area contributed by atoms with Crippen molar-refractivity contribution in [1.29, 1.82) is 0 Å². The largest absolute Gasteiger partial charge is 0.347 e. The molecule has 0 unspecified atom stereocenters. The van der Waals surface area contributed by atoms with Gasteiger partial charge in [-0.15, -0.1) is 0 Å². The molecular weight excluding hydrogens is 457 g/mol. The smallest absolute Gasteiger partial charge is 0.271 e. The number of benzene rings is 2. The number of nitrogens with two attached hydrogens (primary N) is 1. The number of imidazole rings is 1. The Morgan fingerprint density at radius 3 is 2.58 bits per heavy atom. The van der Waals surface area contributed by atoms with Gasteiger partial charge in [0.25, 0.3) is 5.91 Å². The zero-order valence-corrected chi connectivity index (χ0v) is 18.8. The highest BCUT2D eigenvalue weighted by Gasteiger charge is 2.20. The summed E-state index contributed by atoms with van der Waals surface area (Å²) in [6.07, 6.45) is 1.63. The zero-order valence-electron chi connectivity index (χ0n) is 16.5. The highest BCUT2D eigenvalue weighted by atomic mass is 35.5. The van der Waals surface area contributed by atoms with Crippen LogP contribution in [0.15, 0.2) is 48.7 Å². The van der Waals surface area contributed by atoms with Crippen LogP contribution < -0.4 is 11.1 Å². The molecule has 2 aromatic carbocycles. The number of hydrogen-bond donors (Lipinski definition) is 2. The van der Waals surface area contributed by atoms with Gasteiger partial charge in [-0.25, -0.2) is 9.97 Å². The molecule has 0 aliphatic carbocycles. The Hall–Kier alpha value is -2.64. The monoisotopic (exact) mass is 473 g/mol. The van der Waals surface area contributed by atoms with Crippen molar-refractivity contribution in [2.45, 2.75) is 20.0 Å². The number of nitrogens with one attached hydrogen (secondary N) is 1. The predicted octanol–water partition coefficient (Wildman–Crippen LogP) is 5.05. The van der Waals surface area contributed by atoms with E-state index in [0.717, 1.165) is 22.4 Å². The maximum Gasteiger partial charge on any atom is 0.271 e. The first kappa shape index (κ1) is 21.6. The van der Waals surface area contributed by atoms with Gasteiger partial charge in [0.2, 0.25) is 5.78 Å². The molecule has 0 radical (unpaired) electrons. The summed E-state index contributed by atoms with van der Waals surface area (Å²) < 4.78 is 1.73. The molecule has 0 aliphatic rings. The number of amides is 1. The van der Waals surface area contributed by atoms with E-state index in [2.05, 4.69) is 15.3 Å². The van der Waals surface area contributed by atoms with Gasteiger partial charge in [-0.1, -0.05) is 53.0 Å². The number of hydrogen-bond acceptors (Lipinski definition) is 4. The number of halogens is 3. The van der Waals surface area contributed by atoms with Crippen LogP contribution in [0.4, 0.5) is 0 Å². The third kappa shape index (κ3) is 4.25. The molecule has 31 heavy (non-hydrogen) atoms. The van der Waals surface area contributed by atoms with E-state index in [-0.39, 0.29) is 24.7 Å². The maximum atomic E-state index is 12.8. The molecule has 6 nitrogen and oxygen atoms in total. The molecule has 3 N–H and O–H groups in total. The van der Waals surface area contributed by atoms with Gasteiger partial charge < -0.3 is 11.1 Å². The fourth-order valence-corrected chi connectivity index (χ4v) is 4.08. The molecule has 0 fully saturated rings. The molecule has 0 aliphatic heterocycles. The lowest BCUT2D eigenvalue weighted by Crippen LogP contribution is -2.23. The van der Waals surface area contributed by atoms with E-state index >= 15 is 0 Å². The Labute approximate surface area is 194 Å². The van der Waals surface area contributed by atoms with Crippen LogP contribution in [0.25, 0.3) is 17.0 Å². The van der Waals surface area contributed by atoms with Crippen molar-refractivity contribution in [1.82, 2.24) is 19.7 Å². The van der Waals surface area contributed by atoms with E-state index in [1.165, 1.54) is 0 Å². The van der Waals surface area contributed by atoms with Crippen molar-refractivity contribution in [3.8, 4) is 11.3 Å². The standard InChI is InChI=1S/C22H18Cl3N5O/c1-12-16(9-26)20(15-7-6-14(23)8-18(15)25)30-11-19(29-22(30)28-12)21(31)27-10-13-4-2-3-5-17(13)24/h2-8,11H,9-10,26H2,1H3,(H,27,31). The first-order valence-corrected chi connectivity index (χ1v) is 10.6. The normalized spacial score (nSPS) is 11.1. The van der Waals surface area contributed by atoms with E-state index in [4.69, 9.17) is 40.5 Å². The second kappa shape index (κ2) is 8.85. The second-order valence-corrected chi connectivity index (χ2v) is 8.17. The third-order valence-electron chi connectivity index (χ3n) is 4.94. The Bertz CT molecular complexity index is 1300. The fourth-order valence-electron chi connectivity index (χ4n) is 3.38. The zero-order chi connectivity index (χ0) is 22.1. The summed E-state index contributed by atoms with van der Waals surface area (Å²) in [5, 5.41) is 4.42. The molecular formula is C22H18Cl3N5O. The molecule has 4 rings (SSSR count). The molecule has 4 aromatic rings. The molecule has 2 heterocycles. The first-order valence-electron chi connectivity index (χ1n) is 9.44. The molecule has 0 spiro atoms. The van der Waals surface area contributed by atoms with E-state index in [9.17, 15) is 4.79 Å². The maximum absolute atomic E-state index is 12.8. The number of aromatic nitrogens is 3. The molecule has 0 saturated carbocycles. The van der Waals surface area contributed by atoms with Gasteiger partial charge in [0.1, 0.15) is 5.69 Å². The van der Waals surface area contributed by atoms with Crippen molar-refractivity contribution in [3.05, 3.63) is 86.2 Å². The van der Waals surface area contributed by atoms with Crippen LogP contribution in [0.3, 0.4) is 0 Å². The van der Waals surface area contributed by atoms with Gasteiger partial charge in [0.15, 0.2) is 0 Å². The number of aryl methyl sites for hydroxylation is 1. The summed E-state index contributed by atoms with van der Waals surface area (Å²) in [5.41, 5.74) is 10.0. The number of carbonyl (C=O) groups excluding carboxylic acids is 1. The summed E-state index contributed by atoms with van der Waals surface area (Å²) in [4.78, 5) is 21.7. The number of carbonyl (C=O) groups is 1. The van der Waals surface area contributed by atoms with Gasteiger partial charge >= 0.3 is 0 Å². The highest BCUT2D eigenvalue weighted by Crippen LogP contribution is 2.34. The van der Waals surface area contributed by atoms with Crippen molar-refractivity contribution < 1.29 is 4.79 Å². The van der Waals surface area contributed by atoms with Crippen LogP contribution in [0.1, 0.15) is 27.3 Å². The second-order valence-electron chi connectivity index (χ2n) is 6.92. The van der Waals surface area contributed by atoms with Crippen LogP contribution in [0, 0.1) is 6.92 Å². The lowest BCUT2D eigenvalue weighted by molar-refractivity contribution is 0.0946. The summed E-state index contributed by atoms with van der Waals surface area (Å²) in [7, 11) is 0. The van der Waals surface area contributed by atoms with Crippen LogP contribution in [0.2, 0.25) is 15.1 Å². The summed E-state index contributed by atoms with van der Waals surface area (Å²) in [6.45, 7) is 2.37.